The van der Waals surface area contributed by atoms with E-state index in [0.29, 0.717) is 19.4 Å². The Morgan fingerprint density at radius 2 is 2.19 bits per heavy atom. The second kappa shape index (κ2) is 5.84. The monoisotopic (exact) mass is 229 g/mol. The van der Waals surface area contributed by atoms with Gasteiger partial charge in [-0.1, -0.05) is 6.92 Å². The van der Waals surface area contributed by atoms with Crippen molar-refractivity contribution in [2.45, 2.75) is 32.2 Å². The van der Waals surface area contributed by atoms with Gasteiger partial charge in [0.05, 0.1) is 18.4 Å². The highest BCUT2D eigenvalue weighted by atomic mass is 16.5. The van der Waals surface area contributed by atoms with Gasteiger partial charge in [-0.05, 0) is 19.3 Å². The number of amides is 1. The number of carboxylic acid groups (broad SMARTS) is 1. The lowest BCUT2D eigenvalue weighted by Gasteiger charge is -2.16. The van der Waals surface area contributed by atoms with Gasteiger partial charge in [0.25, 0.3) is 0 Å². The first kappa shape index (κ1) is 13.0. The van der Waals surface area contributed by atoms with Crippen LogP contribution in [0.1, 0.15) is 26.2 Å². The lowest BCUT2D eigenvalue weighted by Crippen LogP contribution is -2.38. The van der Waals surface area contributed by atoms with Crippen LogP contribution >= 0.6 is 0 Å². The normalized spacial score (nSPS) is 26.4. The highest BCUT2D eigenvalue weighted by Crippen LogP contribution is 2.25. The molecule has 0 aromatic rings. The minimum Gasteiger partial charge on any atom is -0.481 e. The molecule has 1 unspecified atom stereocenters. The highest BCUT2D eigenvalue weighted by Gasteiger charge is 2.31. The first-order valence-electron chi connectivity index (χ1n) is 5.56. The molecule has 0 bridgehead atoms. The number of nitrogens with one attached hydrogen (secondary N) is 1. The number of hydrogen-bond acceptors (Lipinski definition) is 3. The first-order chi connectivity index (χ1) is 7.54. The quantitative estimate of drug-likeness (QED) is 0.725. The number of carbonyl (C=O) groups is 2. The van der Waals surface area contributed by atoms with Crippen LogP contribution in [0, 0.1) is 11.8 Å². The van der Waals surface area contributed by atoms with E-state index in [1.165, 1.54) is 0 Å². The standard InChI is InChI=1S/C11H19NO4/c1-7(6-16-2)10(13)12-9-4-3-8(5-9)11(14)15/h7-9H,3-6H2,1-2H3,(H,12,13)(H,14,15)/t7?,8-,9+/m1/s1. The van der Waals surface area contributed by atoms with E-state index in [0.717, 1.165) is 6.42 Å². The second-order valence-electron chi connectivity index (χ2n) is 4.41. The molecule has 2 N–H and O–H groups in total. The molecule has 3 atom stereocenters. The van der Waals surface area contributed by atoms with Gasteiger partial charge in [-0.2, -0.15) is 0 Å². The number of ether oxygens (including phenoxy) is 1. The Kier molecular flexibility index (Phi) is 4.73. The molecule has 5 heteroatoms. The van der Waals surface area contributed by atoms with E-state index < -0.39 is 5.97 Å². The van der Waals surface area contributed by atoms with Gasteiger partial charge in [-0.15, -0.1) is 0 Å². The predicted molar refractivity (Wildman–Crippen MR) is 57.9 cm³/mol. The Morgan fingerprint density at radius 3 is 2.69 bits per heavy atom. The molecule has 1 rings (SSSR count). The predicted octanol–water partition coefficient (Wildman–Crippen LogP) is 0.638. The van der Waals surface area contributed by atoms with Gasteiger partial charge >= 0.3 is 5.97 Å². The maximum absolute atomic E-state index is 11.6. The molecule has 1 aliphatic rings. The molecule has 0 aliphatic heterocycles. The number of hydrogen-bond donors (Lipinski definition) is 2. The maximum Gasteiger partial charge on any atom is 0.306 e. The fourth-order valence-corrected chi connectivity index (χ4v) is 2.01. The molecule has 0 spiro atoms. The summed E-state index contributed by atoms with van der Waals surface area (Å²) in [6, 6.07) is 0.00732. The van der Waals surface area contributed by atoms with E-state index in [4.69, 9.17) is 9.84 Å². The molecule has 1 amide bonds. The van der Waals surface area contributed by atoms with Crippen LogP contribution in [0.25, 0.3) is 0 Å². The number of carbonyl (C=O) groups excluding carboxylic acids is 1. The Labute approximate surface area is 95.2 Å². The molecule has 0 aromatic heterocycles. The summed E-state index contributed by atoms with van der Waals surface area (Å²) in [5, 5.41) is 11.7. The second-order valence-corrected chi connectivity index (χ2v) is 4.41. The molecule has 1 aliphatic carbocycles. The van der Waals surface area contributed by atoms with Gasteiger partial charge in [0.2, 0.25) is 5.91 Å². The van der Waals surface area contributed by atoms with Crippen molar-refractivity contribution in [1.82, 2.24) is 5.32 Å². The molecule has 1 saturated carbocycles. The van der Waals surface area contributed by atoms with E-state index in [9.17, 15) is 9.59 Å². The summed E-state index contributed by atoms with van der Waals surface area (Å²) in [5.74, 6) is -1.31. The van der Waals surface area contributed by atoms with Crippen molar-refractivity contribution in [3.05, 3.63) is 0 Å². The van der Waals surface area contributed by atoms with Crippen molar-refractivity contribution in [2.24, 2.45) is 11.8 Å². The van der Waals surface area contributed by atoms with Crippen molar-refractivity contribution < 1.29 is 19.4 Å². The molecule has 1 fully saturated rings. The van der Waals surface area contributed by atoms with Crippen LogP contribution in [0.15, 0.2) is 0 Å². The van der Waals surface area contributed by atoms with Crippen LogP contribution < -0.4 is 5.32 Å². The third-order valence-corrected chi connectivity index (χ3v) is 2.99. The lowest BCUT2D eigenvalue weighted by molar-refractivity contribution is -0.141. The van der Waals surface area contributed by atoms with Gasteiger partial charge in [0, 0.05) is 13.2 Å². The van der Waals surface area contributed by atoms with Crippen molar-refractivity contribution in [2.75, 3.05) is 13.7 Å². The summed E-state index contributed by atoms with van der Waals surface area (Å²) >= 11 is 0. The molecule has 0 radical (unpaired) electrons. The highest BCUT2D eigenvalue weighted by molar-refractivity contribution is 5.79. The number of carboxylic acids is 1. The SMILES string of the molecule is COCC(C)C(=O)N[C@H]1CC[C@@H](C(=O)O)C1. The molecule has 5 nitrogen and oxygen atoms in total. The third kappa shape index (κ3) is 3.48. The summed E-state index contributed by atoms with van der Waals surface area (Å²) in [6.45, 7) is 2.18. The van der Waals surface area contributed by atoms with Gasteiger partial charge in [-0.25, -0.2) is 0 Å². The average Bonchev–Trinajstić information content (AvgIpc) is 2.66. The zero-order chi connectivity index (χ0) is 12.1. The fourth-order valence-electron chi connectivity index (χ4n) is 2.01. The van der Waals surface area contributed by atoms with Gasteiger partial charge < -0.3 is 15.2 Å². The van der Waals surface area contributed by atoms with Crippen LogP contribution in [0.3, 0.4) is 0 Å². The van der Waals surface area contributed by atoms with Crippen molar-refractivity contribution >= 4 is 11.9 Å². The number of rotatable bonds is 5. The summed E-state index contributed by atoms with van der Waals surface area (Å²) in [6.07, 6.45) is 1.95. The molecular formula is C11H19NO4. The van der Waals surface area contributed by atoms with Gasteiger partial charge in [0.15, 0.2) is 0 Å². The van der Waals surface area contributed by atoms with Crippen molar-refractivity contribution in [3.8, 4) is 0 Å². The minimum absolute atomic E-state index is 0.00732. The first-order valence-corrected chi connectivity index (χ1v) is 5.56. The Bertz CT molecular complexity index is 267. The third-order valence-electron chi connectivity index (χ3n) is 2.99. The van der Waals surface area contributed by atoms with Gasteiger partial charge in [0.1, 0.15) is 0 Å². The molecule has 0 aromatic carbocycles. The zero-order valence-corrected chi connectivity index (χ0v) is 9.73. The van der Waals surface area contributed by atoms with Crippen LogP contribution in [0.4, 0.5) is 0 Å². The van der Waals surface area contributed by atoms with E-state index in [1.807, 2.05) is 0 Å². The molecule has 92 valence electrons. The average molecular weight is 229 g/mol. The summed E-state index contributed by atoms with van der Waals surface area (Å²) in [5.41, 5.74) is 0. The maximum atomic E-state index is 11.6. The Morgan fingerprint density at radius 1 is 1.50 bits per heavy atom. The van der Waals surface area contributed by atoms with Crippen molar-refractivity contribution in [1.29, 1.82) is 0 Å². The lowest BCUT2D eigenvalue weighted by atomic mass is 10.1. The smallest absolute Gasteiger partial charge is 0.306 e. The van der Waals surface area contributed by atoms with E-state index >= 15 is 0 Å². The van der Waals surface area contributed by atoms with Crippen LogP contribution in [-0.4, -0.2) is 36.7 Å². The Balaban J connectivity index is 2.33. The number of aliphatic carboxylic acids is 1. The van der Waals surface area contributed by atoms with Gasteiger partial charge in [-0.3, -0.25) is 9.59 Å². The largest absolute Gasteiger partial charge is 0.481 e. The molecule has 0 heterocycles. The Hall–Kier alpha value is -1.10. The molecule has 16 heavy (non-hydrogen) atoms. The fraction of sp³-hybridized carbons (Fsp3) is 0.818. The minimum atomic E-state index is -0.762. The van der Waals surface area contributed by atoms with Crippen LogP contribution in [-0.2, 0) is 14.3 Å². The van der Waals surface area contributed by atoms with Crippen LogP contribution in [0.5, 0.6) is 0 Å². The van der Waals surface area contributed by atoms with E-state index in [1.54, 1.807) is 14.0 Å². The topological polar surface area (TPSA) is 75.6 Å². The zero-order valence-electron chi connectivity index (χ0n) is 9.73. The van der Waals surface area contributed by atoms with Crippen molar-refractivity contribution in [3.63, 3.8) is 0 Å². The summed E-state index contributed by atoms with van der Waals surface area (Å²) in [7, 11) is 1.56. The number of methoxy groups -OCH3 is 1. The van der Waals surface area contributed by atoms with E-state index in [2.05, 4.69) is 5.32 Å². The summed E-state index contributed by atoms with van der Waals surface area (Å²) in [4.78, 5) is 22.4. The van der Waals surface area contributed by atoms with E-state index in [-0.39, 0.29) is 23.8 Å². The van der Waals surface area contributed by atoms with Crippen LogP contribution in [0.2, 0.25) is 0 Å². The molecule has 0 saturated heterocycles. The molecular weight excluding hydrogens is 210 g/mol. The summed E-state index contributed by atoms with van der Waals surface area (Å²) < 4.78 is 4.89.